The number of carbonyl (C=O) groups excluding carboxylic acids is 2. The van der Waals surface area contributed by atoms with E-state index >= 15 is 4.39 Å². The van der Waals surface area contributed by atoms with E-state index in [0.29, 0.717) is 0 Å². The topological polar surface area (TPSA) is 67.9 Å². The fourth-order valence-corrected chi connectivity index (χ4v) is 4.55. The van der Waals surface area contributed by atoms with Crippen LogP contribution in [0.2, 0.25) is 23.2 Å². The van der Waals surface area contributed by atoms with E-state index in [9.17, 15) is 14.0 Å². The molecule has 2 rings (SSSR count). The Morgan fingerprint density at radius 3 is 2.41 bits per heavy atom. The first-order valence-corrected chi connectivity index (χ1v) is 14.7. The SMILES string of the molecule is CC(C)(C)OC(=O)N1C[C@@](F)(CO[Si](C)(C)C(C)(C)C)C[C@H]1C(=O)NCc1cccc(Cl)c1F. The second kappa shape index (κ2) is 10.1. The smallest absolute Gasteiger partial charge is 0.411 e. The van der Waals surface area contributed by atoms with E-state index in [2.05, 4.69) is 26.1 Å². The zero-order valence-electron chi connectivity index (χ0n) is 21.4. The first kappa shape index (κ1) is 28.5. The molecule has 34 heavy (non-hydrogen) atoms. The molecule has 2 amide bonds. The monoisotopic (exact) mass is 518 g/mol. The van der Waals surface area contributed by atoms with Gasteiger partial charge in [-0.1, -0.05) is 44.5 Å². The minimum atomic E-state index is -2.26. The number of nitrogens with zero attached hydrogens (tertiary/aromatic N) is 1. The zero-order chi connectivity index (χ0) is 26.1. The van der Waals surface area contributed by atoms with Crippen LogP contribution in [0.25, 0.3) is 0 Å². The molecule has 1 heterocycles. The highest BCUT2D eigenvalue weighted by Gasteiger charge is 2.52. The third kappa shape index (κ3) is 7.15. The van der Waals surface area contributed by atoms with Crippen molar-refractivity contribution in [2.45, 2.75) is 90.0 Å². The predicted octanol–water partition coefficient (Wildman–Crippen LogP) is 5.83. The number of nitrogens with one attached hydrogen (secondary N) is 1. The molecule has 1 saturated heterocycles. The number of benzene rings is 1. The van der Waals surface area contributed by atoms with Crippen LogP contribution >= 0.6 is 11.6 Å². The number of hydrogen-bond donors (Lipinski definition) is 1. The number of likely N-dealkylation sites (tertiary alicyclic amines) is 1. The summed E-state index contributed by atoms with van der Waals surface area (Å²) in [7, 11) is -2.26. The quantitative estimate of drug-likeness (QED) is 0.481. The molecule has 6 nitrogen and oxygen atoms in total. The lowest BCUT2D eigenvalue weighted by Gasteiger charge is -2.37. The Hall–Kier alpha value is -1.71. The number of rotatable bonds is 6. The van der Waals surface area contributed by atoms with Crippen molar-refractivity contribution in [2.75, 3.05) is 13.2 Å². The normalized spacial score (nSPS) is 21.5. The van der Waals surface area contributed by atoms with Crippen molar-refractivity contribution in [1.82, 2.24) is 10.2 Å². The fraction of sp³-hybridized carbons (Fsp3) is 0.667. The minimum absolute atomic E-state index is 0.0615. The van der Waals surface area contributed by atoms with Crippen LogP contribution in [0.4, 0.5) is 13.6 Å². The molecule has 0 spiro atoms. The van der Waals surface area contributed by atoms with Gasteiger partial charge < -0.3 is 14.5 Å². The van der Waals surface area contributed by atoms with Crippen LogP contribution in [-0.2, 0) is 20.5 Å². The Morgan fingerprint density at radius 1 is 1.24 bits per heavy atom. The van der Waals surface area contributed by atoms with Crippen molar-refractivity contribution in [3.8, 4) is 0 Å². The fourth-order valence-electron chi connectivity index (χ4n) is 3.30. The number of hydrogen-bond acceptors (Lipinski definition) is 4. The Morgan fingerprint density at radius 2 is 1.85 bits per heavy atom. The average Bonchev–Trinajstić information content (AvgIpc) is 3.04. The van der Waals surface area contributed by atoms with Crippen molar-refractivity contribution >= 4 is 31.9 Å². The molecule has 1 aromatic carbocycles. The summed E-state index contributed by atoms with van der Waals surface area (Å²) in [6, 6.07) is 3.35. The lowest BCUT2D eigenvalue weighted by molar-refractivity contribution is -0.125. The van der Waals surface area contributed by atoms with Gasteiger partial charge in [0.15, 0.2) is 14.0 Å². The van der Waals surface area contributed by atoms with Gasteiger partial charge in [0.2, 0.25) is 5.91 Å². The summed E-state index contributed by atoms with van der Waals surface area (Å²) in [5, 5.41) is 2.42. The van der Waals surface area contributed by atoms with Crippen molar-refractivity contribution in [2.24, 2.45) is 0 Å². The molecule has 192 valence electrons. The Kier molecular flexibility index (Phi) is 8.48. The van der Waals surface area contributed by atoms with E-state index < -0.39 is 43.4 Å². The van der Waals surface area contributed by atoms with Crippen LogP contribution < -0.4 is 5.32 Å². The Bertz CT molecular complexity index is 917. The molecule has 1 N–H and O–H groups in total. The van der Waals surface area contributed by atoms with Gasteiger partial charge in [-0.15, -0.1) is 0 Å². The maximum absolute atomic E-state index is 16.0. The van der Waals surface area contributed by atoms with Crippen LogP contribution in [0.1, 0.15) is 53.5 Å². The second-order valence-corrected chi connectivity index (χ2v) is 16.7. The molecule has 10 heteroatoms. The molecule has 1 aliphatic heterocycles. The van der Waals surface area contributed by atoms with E-state index in [1.54, 1.807) is 26.8 Å². The van der Waals surface area contributed by atoms with E-state index in [1.807, 2.05) is 13.1 Å². The highest BCUT2D eigenvalue weighted by molar-refractivity contribution is 6.74. The van der Waals surface area contributed by atoms with Crippen molar-refractivity contribution in [3.05, 3.63) is 34.6 Å². The van der Waals surface area contributed by atoms with Gasteiger partial charge in [0.1, 0.15) is 17.5 Å². The van der Waals surface area contributed by atoms with E-state index in [4.69, 9.17) is 20.8 Å². The maximum Gasteiger partial charge on any atom is 0.411 e. The number of alkyl halides is 1. The third-order valence-electron chi connectivity index (χ3n) is 6.30. The van der Waals surface area contributed by atoms with Crippen LogP contribution in [0.15, 0.2) is 18.2 Å². The summed E-state index contributed by atoms with van der Waals surface area (Å²) < 4.78 is 41.7. The predicted molar refractivity (Wildman–Crippen MR) is 132 cm³/mol. The molecule has 0 unspecified atom stereocenters. The van der Waals surface area contributed by atoms with Crippen LogP contribution in [0.5, 0.6) is 0 Å². The van der Waals surface area contributed by atoms with Gasteiger partial charge in [-0.3, -0.25) is 9.69 Å². The average molecular weight is 519 g/mol. The van der Waals surface area contributed by atoms with Crippen molar-refractivity contribution in [1.29, 1.82) is 0 Å². The standard InChI is InChI=1S/C24H37ClF2N2O4Si/c1-22(2,3)33-21(31)29-14-24(27,15-32-34(7,8)23(4,5)6)12-18(29)20(30)28-13-16-10-9-11-17(25)19(16)26/h9-11,18H,12-15H2,1-8H3,(H,28,30)/t18-,24+/m0/s1. The van der Waals surface area contributed by atoms with Gasteiger partial charge in [-0.25, -0.2) is 13.6 Å². The maximum atomic E-state index is 16.0. The van der Waals surface area contributed by atoms with Gasteiger partial charge in [0.05, 0.1) is 18.2 Å². The molecule has 0 aromatic heterocycles. The summed E-state index contributed by atoms with van der Waals surface area (Å²) in [4.78, 5) is 27.0. The molecule has 2 atom stereocenters. The van der Waals surface area contributed by atoms with Crippen LogP contribution in [-0.4, -0.2) is 55.7 Å². The lowest BCUT2D eigenvalue weighted by atomic mass is 10.0. The van der Waals surface area contributed by atoms with Crippen molar-refractivity contribution < 1.29 is 27.5 Å². The van der Waals surface area contributed by atoms with Crippen LogP contribution in [0.3, 0.4) is 0 Å². The van der Waals surface area contributed by atoms with Gasteiger partial charge in [0, 0.05) is 18.5 Å². The van der Waals surface area contributed by atoms with Crippen molar-refractivity contribution in [3.63, 3.8) is 0 Å². The summed E-state index contributed by atoms with van der Waals surface area (Å²) in [5.41, 5.74) is -2.55. The van der Waals surface area contributed by atoms with Gasteiger partial charge in [-0.05, 0) is 45.0 Å². The zero-order valence-corrected chi connectivity index (χ0v) is 23.1. The van der Waals surface area contributed by atoms with Gasteiger partial charge in [0.25, 0.3) is 0 Å². The highest BCUT2D eigenvalue weighted by atomic mass is 35.5. The molecule has 1 aliphatic rings. The number of ether oxygens (including phenoxy) is 1. The molecule has 0 aliphatic carbocycles. The summed E-state index contributed by atoms with van der Waals surface area (Å²) in [6.45, 7) is 14.6. The van der Waals surface area contributed by atoms with Gasteiger partial charge >= 0.3 is 6.09 Å². The minimum Gasteiger partial charge on any atom is -0.444 e. The molecular formula is C24H37ClF2N2O4Si. The molecule has 0 radical (unpaired) electrons. The van der Waals surface area contributed by atoms with Gasteiger partial charge in [-0.2, -0.15) is 0 Å². The number of carbonyl (C=O) groups is 2. The van der Waals surface area contributed by atoms with E-state index in [-0.39, 0.29) is 41.7 Å². The van der Waals surface area contributed by atoms with E-state index in [0.717, 1.165) is 4.90 Å². The summed E-state index contributed by atoms with van der Waals surface area (Å²) in [6.07, 6.45) is -1.03. The summed E-state index contributed by atoms with van der Waals surface area (Å²) >= 11 is 5.81. The molecular weight excluding hydrogens is 482 g/mol. The molecule has 1 aromatic rings. The van der Waals surface area contributed by atoms with E-state index in [1.165, 1.54) is 12.1 Å². The number of amides is 2. The Balaban J connectivity index is 2.20. The number of halogens is 3. The second-order valence-electron chi connectivity index (χ2n) is 11.5. The largest absolute Gasteiger partial charge is 0.444 e. The molecule has 0 saturated carbocycles. The Labute approximate surface area is 207 Å². The first-order chi connectivity index (χ1) is 15.4. The third-order valence-corrected chi connectivity index (χ3v) is 11.1. The first-order valence-electron chi connectivity index (χ1n) is 11.4. The molecule has 0 bridgehead atoms. The lowest BCUT2D eigenvalue weighted by Crippen LogP contribution is -2.48. The highest BCUT2D eigenvalue weighted by Crippen LogP contribution is 2.39. The van der Waals surface area contributed by atoms with Crippen LogP contribution in [0, 0.1) is 5.82 Å². The molecule has 1 fully saturated rings. The summed E-state index contributed by atoms with van der Waals surface area (Å²) in [5.74, 6) is -1.24.